The summed E-state index contributed by atoms with van der Waals surface area (Å²) >= 11 is 7.00. The smallest absolute Gasteiger partial charge is 0.261 e. The number of thiophene rings is 1. The Bertz CT molecular complexity index is 1230. The molecule has 0 radical (unpaired) electrons. The molecule has 1 atom stereocenters. The van der Waals surface area contributed by atoms with E-state index in [0.717, 1.165) is 17.8 Å². The predicted octanol–water partition coefficient (Wildman–Crippen LogP) is 1.38. The number of rotatable bonds is 8. The largest absolute Gasteiger partial charge is 0.349 e. The molecule has 2 saturated heterocycles. The summed E-state index contributed by atoms with van der Waals surface area (Å²) in [5, 5.41) is 2.65. The lowest BCUT2D eigenvalue weighted by atomic mass is 10.2. The highest BCUT2D eigenvalue weighted by Crippen LogP contribution is 2.23. The molecule has 36 heavy (non-hydrogen) atoms. The summed E-state index contributed by atoms with van der Waals surface area (Å²) in [5.74, 6) is -0.846. The Labute approximate surface area is 219 Å². The Kier molecular flexibility index (Phi) is 8.30. The van der Waals surface area contributed by atoms with Crippen LogP contribution in [0.1, 0.15) is 22.5 Å². The van der Waals surface area contributed by atoms with Crippen molar-refractivity contribution in [3.8, 4) is 0 Å². The second kappa shape index (κ2) is 11.3. The number of benzene rings is 1. The number of nitrogens with zero attached hydrogens (tertiary/aromatic N) is 3. The number of carbonyl (C=O) groups excluding carboxylic acids is 3. The second-order valence-electron chi connectivity index (χ2n) is 8.76. The van der Waals surface area contributed by atoms with Crippen molar-refractivity contribution in [2.45, 2.75) is 23.8 Å². The number of likely N-dealkylation sites (N-methyl/N-ethyl adjacent to an activating group) is 1. The van der Waals surface area contributed by atoms with Crippen LogP contribution in [-0.2, 0) is 19.6 Å². The molecule has 0 saturated carbocycles. The van der Waals surface area contributed by atoms with Gasteiger partial charge in [-0.25, -0.2) is 8.42 Å². The molecule has 0 bridgehead atoms. The van der Waals surface area contributed by atoms with E-state index in [4.69, 9.17) is 11.6 Å². The molecule has 0 unspecified atom stereocenters. The number of carbonyl (C=O) groups is 3. The average Bonchev–Trinajstić information content (AvgIpc) is 3.49. The number of amides is 3. The third-order valence-electron chi connectivity index (χ3n) is 6.21. The van der Waals surface area contributed by atoms with Crippen LogP contribution in [0.4, 0.5) is 5.69 Å². The zero-order chi connectivity index (χ0) is 25.9. The molecule has 4 rings (SSSR count). The first-order chi connectivity index (χ1) is 17.1. The van der Waals surface area contributed by atoms with Gasteiger partial charge in [-0.2, -0.15) is 4.72 Å². The maximum Gasteiger partial charge on any atom is 0.261 e. The Morgan fingerprint density at radius 2 is 1.75 bits per heavy atom. The molecule has 3 amide bonds. The second-order valence-corrected chi connectivity index (χ2v) is 12.2. The topological polar surface area (TPSA) is 119 Å². The van der Waals surface area contributed by atoms with Gasteiger partial charge >= 0.3 is 0 Å². The molecule has 0 aliphatic carbocycles. The fraction of sp³-hybridized carbons (Fsp3) is 0.435. The summed E-state index contributed by atoms with van der Waals surface area (Å²) in [6, 6.07) is 7.94. The van der Waals surface area contributed by atoms with E-state index in [-0.39, 0.29) is 17.3 Å². The van der Waals surface area contributed by atoms with Crippen LogP contribution in [0.25, 0.3) is 0 Å². The van der Waals surface area contributed by atoms with Crippen LogP contribution in [0.5, 0.6) is 0 Å². The summed E-state index contributed by atoms with van der Waals surface area (Å²) in [6.07, 6.45) is 1.24. The van der Waals surface area contributed by atoms with Gasteiger partial charge in [0.15, 0.2) is 0 Å². The van der Waals surface area contributed by atoms with Crippen molar-refractivity contribution in [1.82, 2.24) is 19.8 Å². The molecule has 1 aromatic carbocycles. The first-order valence-corrected chi connectivity index (χ1v) is 14.3. The Hall–Kier alpha value is -2.51. The van der Waals surface area contributed by atoms with E-state index in [1.807, 2.05) is 7.05 Å². The highest BCUT2D eigenvalue weighted by molar-refractivity contribution is 7.89. The third kappa shape index (κ3) is 6.24. The van der Waals surface area contributed by atoms with Gasteiger partial charge in [0.1, 0.15) is 6.04 Å². The van der Waals surface area contributed by atoms with Crippen molar-refractivity contribution in [3.05, 3.63) is 45.6 Å². The molecule has 2 aliphatic heterocycles. The zero-order valence-corrected chi connectivity index (χ0v) is 22.2. The highest BCUT2D eigenvalue weighted by atomic mass is 35.5. The van der Waals surface area contributed by atoms with E-state index < -0.39 is 27.9 Å². The lowest BCUT2D eigenvalue weighted by Crippen LogP contribution is -2.57. The van der Waals surface area contributed by atoms with Gasteiger partial charge < -0.3 is 20.0 Å². The monoisotopic (exact) mass is 553 g/mol. The molecule has 3 heterocycles. The lowest BCUT2D eigenvalue weighted by Gasteiger charge is -2.34. The van der Waals surface area contributed by atoms with Gasteiger partial charge in [0.25, 0.3) is 5.91 Å². The first-order valence-electron chi connectivity index (χ1n) is 11.6. The van der Waals surface area contributed by atoms with Crippen molar-refractivity contribution < 1.29 is 22.8 Å². The van der Waals surface area contributed by atoms with Crippen molar-refractivity contribution in [2.75, 3.05) is 51.2 Å². The van der Waals surface area contributed by atoms with Crippen LogP contribution in [0.3, 0.4) is 0 Å². The molecule has 10 nitrogen and oxygen atoms in total. The lowest BCUT2D eigenvalue weighted by molar-refractivity contribution is -0.134. The van der Waals surface area contributed by atoms with E-state index in [0.29, 0.717) is 54.0 Å². The van der Waals surface area contributed by atoms with Crippen molar-refractivity contribution in [1.29, 1.82) is 0 Å². The number of anilines is 1. The maximum absolute atomic E-state index is 13.3. The SMILES string of the molecule is CN1CCN(C(=O)[C@H](CNC(=O)c2ccc(Cl)s2)NS(=O)(=O)c2ccc(N3CCCC3=O)cc2)CC1. The van der Waals surface area contributed by atoms with Gasteiger partial charge in [-0.1, -0.05) is 11.6 Å². The number of nitrogens with one attached hydrogen (secondary N) is 2. The van der Waals surface area contributed by atoms with Gasteiger partial charge in [0.05, 0.1) is 14.1 Å². The number of halogens is 1. The normalized spacial score (nSPS) is 17.9. The minimum atomic E-state index is -4.10. The molecular weight excluding hydrogens is 526 g/mol. The molecule has 2 fully saturated rings. The van der Waals surface area contributed by atoms with Crippen LogP contribution < -0.4 is 14.9 Å². The van der Waals surface area contributed by atoms with Crippen LogP contribution >= 0.6 is 22.9 Å². The molecule has 0 spiro atoms. The van der Waals surface area contributed by atoms with Crippen LogP contribution in [0.15, 0.2) is 41.3 Å². The van der Waals surface area contributed by atoms with E-state index in [1.54, 1.807) is 34.1 Å². The van der Waals surface area contributed by atoms with Crippen molar-refractivity contribution >= 4 is 56.4 Å². The minimum absolute atomic E-state index is 0.00402. The number of piperazine rings is 1. The highest BCUT2D eigenvalue weighted by Gasteiger charge is 2.31. The van der Waals surface area contributed by atoms with E-state index in [9.17, 15) is 22.8 Å². The van der Waals surface area contributed by atoms with E-state index in [1.165, 1.54) is 12.1 Å². The Morgan fingerprint density at radius 3 is 2.33 bits per heavy atom. The molecule has 2 N–H and O–H groups in total. The Morgan fingerprint density at radius 1 is 1.06 bits per heavy atom. The fourth-order valence-electron chi connectivity index (χ4n) is 4.13. The molecule has 1 aromatic heterocycles. The van der Waals surface area contributed by atoms with Gasteiger partial charge in [-0.15, -0.1) is 11.3 Å². The first kappa shape index (κ1) is 26.6. The third-order valence-corrected chi connectivity index (χ3v) is 8.92. The van der Waals surface area contributed by atoms with Gasteiger partial charge in [0, 0.05) is 51.4 Å². The molecule has 13 heteroatoms. The van der Waals surface area contributed by atoms with Gasteiger partial charge in [0.2, 0.25) is 21.8 Å². The minimum Gasteiger partial charge on any atom is -0.349 e. The summed E-state index contributed by atoms with van der Waals surface area (Å²) in [7, 11) is -2.15. The number of hydrogen-bond donors (Lipinski definition) is 2. The van der Waals surface area contributed by atoms with Crippen LogP contribution in [0, 0.1) is 0 Å². The average molecular weight is 554 g/mol. The fourth-order valence-corrected chi connectivity index (χ4v) is 6.28. The van der Waals surface area contributed by atoms with Crippen molar-refractivity contribution in [2.24, 2.45) is 0 Å². The van der Waals surface area contributed by atoms with E-state index >= 15 is 0 Å². The quantitative estimate of drug-likeness (QED) is 0.510. The summed E-state index contributed by atoms with van der Waals surface area (Å²) in [5.41, 5.74) is 0.628. The molecule has 2 aromatic rings. The summed E-state index contributed by atoms with van der Waals surface area (Å²) in [4.78, 5) is 43.4. The summed E-state index contributed by atoms with van der Waals surface area (Å²) in [6.45, 7) is 2.63. The van der Waals surface area contributed by atoms with Crippen LogP contribution in [0.2, 0.25) is 4.34 Å². The van der Waals surface area contributed by atoms with Gasteiger partial charge in [-0.05, 0) is 49.9 Å². The summed E-state index contributed by atoms with van der Waals surface area (Å²) < 4.78 is 29.3. The molecule has 194 valence electrons. The standard InChI is InChI=1S/C23H28ClN5O5S2/c1-27-11-13-28(14-12-27)23(32)18(15-25-22(31)19-8-9-20(24)35-19)26-36(33,34)17-6-4-16(5-7-17)29-10-2-3-21(29)30/h4-9,18,26H,2-3,10-15H2,1H3,(H,25,31)/t18-/m0/s1. The van der Waals surface area contributed by atoms with Gasteiger partial charge in [-0.3, -0.25) is 14.4 Å². The molecule has 2 aliphatic rings. The van der Waals surface area contributed by atoms with Crippen LogP contribution in [-0.4, -0.2) is 88.3 Å². The maximum atomic E-state index is 13.3. The predicted molar refractivity (Wildman–Crippen MR) is 138 cm³/mol. The van der Waals surface area contributed by atoms with Crippen molar-refractivity contribution in [3.63, 3.8) is 0 Å². The van der Waals surface area contributed by atoms with E-state index in [2.05, 4.69) is 14.9 Å². The number of sulfonamides is 1. The zero-order valence-electron chi connectivity index (χ0n) is 19.8. The molecular formula is C23H28ClN5O5S2. The Balaban J connectivity index is 1.50. The number of hydrogen-bond acceptors (Lipinski definition) is 7.